The third kappa shape index (κ3) is 24.5. The molecular weight excluding hydrogens is 1100 g/mol. The summed E-state index contributed by atoms with van der Waals surface area (Å²) in [7, 11) is 9.66. The van der Waals surface area contributed by atoms with E-state index >= 15 is 4.79 Å². The second-order valence-electron chi connectivity index (χ2n) is 25.7. The van der Waals surface area contributed by atoms with Crippen molar-refractivity contribution in [3.63, 3.8) is 0 Å². The van der Waals surface area contributed by atoms with Crippen LogP contribution >= 0.6 is 0 Å². The Morgan fingerprint density at radius 3 is 1.40 bits per heavy atom. The number of allylic oxidation sites excluding steroid dienone is 2. The number of hydrogen-bond acceptors (Lipinski definition) is 14. The van der Waals surface area contributed by atoms with Crippen LogP contribution in [0.4, 0.5) is 4.79 Å². The Morgan fingerprint density at radius 2 is 0.965 bits per heavy atom. The maximum atomic E-state index is 15.1. The van der Waals surface area contributed by atoms with Crippen molar-refractivity contribution >= 4 is 65.2 Å². The number of likely N-dealkylation sites (N-methyl/N-ethyl adjacent to an activating group) is 6. The maximum absolute atomic E-state index is 15.1. The topological polar surface area (TPSA) is 294 Å². The minimum Gasteiger partial charge on any atom is -0.468 e. The summed E-state index contributed by atoms with van der Waals surface area (Å²) in [6.07, 6.45) is 2.25. The molecule has 0 radical (unpaired) electrons. The van der Waals surface area contributed by atoms with Crippen LogP contribution in [0.15, 0.2) is 12.2 Å². The monoisotopic (exact) mass is 1210 g/mol. The molecule has 0 aromatic rings. The fourth-order valence-corrected chi connectivity index (χ4v) is 9.75. The lowest BCUT2D eigenvalue weighted by Crippen LogP contribution is -2.63. The molecule has 0 heterocycles. The second kappa shape index (κ2) is 36.0. The largest absolute Gasteiger partial charge is 0.468 e. The van der Waals surface area contributed by atoms with Crippen molar-refractivity contribution in [2.45, 2.75) is 223 Å². The van der Waals surface area contributed by atoms with Gasteiger partial charge in [-0.15, -0.1) is 0 Å². The lowest BCUT2D eigenvalue weighted by atomic mass is 9.91. The van der Waals surface area contributed by atoms with Crippen LogP contribution < -0.4 is 21.3 Å². The second-order valence-corrected chi connectivity index (χ2v) is 25.7. The first-order valence-electron chi connectivity index (χ1n) is 29.9. The molecule has 0 bridgehead atoms. The Labute approximate surface area is 508 Å². The highest BCUT2D eigenvalue weighted by atomic mass is 16.6. The zero-order chi connectivity index (χ0) is 66.5. The molecular formula is C61H110N10O14. The Morgan fingerprint density at radius 1 is 0.518 bits per heavy atom. The van der Waals surface area contributed by atoms with Crippen molar-refractivity contribution in [1.29, 1.82) is 0 Å². The first-order chi connectivity index (χ1) is 39.0. The van der Waals surface area contributed by atoms with Crippen molar-refractivity contribution in [3.05, 3.63) is 12.2 Å². The molecule has 11 atom stereocenters. The van der Waals surface area contributed by atoms with Crippen LogP contribution in [0.1, 0.15) is 157 Å². The van der Waals surface area contributed by atoms with Crippen LogP contribution in [-0.2, 0) is 57.4 Å². The molecule has 0 aliphatic heterocycles. The van der Waals surface area contributed by atoms with Gasteiger partial charge < -0.3 is 65.2 Å². The molecule has 24 nitrogen and oxygen atoms in total. The number of ether oxygens (including phenoxy) is 2. The van der Waals surface area contributed by atoms with E-state index in [1.807, 2.05) is 41.5 Å². The highest BCUT2D eigenvalue weighted by Gasteiger charge is 2.45. The van der Waals surface area contributed by atoms with E-state index in [2.05, 4.69) is 21.3 Å². The molecule has 0 fully saturated rings. The van der Waals surface area contributed by atoms with E-state index < -0.39 is 143 Å². The van der Waals surface area contributed by atoms with Gasteiger partial charge in [0, 0.05) is 42.3 Å². The van der Waals surface area contributed by atoms with Crippen LogP contribution in [0.5, 0.6) is 0 Å². The minimum atomic E-state index is -1.56. The van der Waals surface area contributed by atoms with E-state index in [1.54, 1.807) is 81.4 Å². The zero-order valence-electron chi connectivity index (χ0n) is 56.1. The molecule has 0 aromatic heterocycles. The van der Waals surface area contributed by atoms with Gasteiger partial charge in [-0.2, -0.15) is 0 Å². The van der Waals surface area contributed by atoms with Gasteiger partial charge in [0.25, 0.3) is 0 Å². The van der Waals surface area contributed by atoms with Crippen molar-refractivity contribution < 1.29 is 67.3 Å². The number of alkyl carbamates (subject to hydrolysis) is 1. The third-order valence-corrected chi connectivity index (χ3v) is 14.8. The number of nitrogens with zero attached hydrogens (tertiary/aromatic N) is 6. The van der Waals surface area contributed by atoms with Gasteiger partial charge in [-0.25, -0.2) is 4.79 Å². The van der Waals surface area contributed by atoms with Crippen LogP contribution in [-0.4, -0.2) is 222 Å². The van der Waals surface area contributed by atoms with Crippen LogP contribution in [0, 0.1) is 35.5 Å². The standard InChI is InChI=1S/C61H110N10O14/c1-26-28-29-39(13)50(73)49(53(76)64-42(27-2)55(78)66(19)33-46(72)84-25)71(24)59(82)48(38(11)12)70(23)57(80)45(32-36(7)8)69(22)56(79)44(31-35(5)6)68(21)54(77)41(15)63-51(74)40(14)62-52(75)43(30-34(3)4)67(20)58(81)47(37(9)10)65-60(83)85-61(16,17)18/h26,28,34-45,47-50,73H,27,29-33H2,1-25H3,(H,62,75)(H,63,74)(H,64,76)(H,65,83)/b28-26+/t39-,40+,41-,42+,43-,44+,45-,47-,48+,49+,50+/m0/s1. The molecule has 5 N–H and O–H groups in total. The van der Waals surface area contributed by atoms with Crippen molar-refractivity contribution in [3.8, 4) is 0 Å². The average molecular weight is 1210 g/mol. The lowest BCUT2D eigenvalue weighted by molar-refractivity contribution is -0.157. The number of methoxy groups -OCH3 is 1. The van der Waals surface area contributed by atoms with Crippen molar-refractivity contribution in [2.24, 2.45) is 35.5 Å². The minimum absolute atomic E-state index is 0.0767. The highest BCUT2D eigenvalue weighted by molar-refractivity contribution is 5.98. The Bertz CT molecular complexity index is 2280. The Hall–Kier alpha value is -6.33. The number of carbonyl (C=O) groups is 11. The maximum Gasteiger partial charge on any atom is 0.408 e. The van der Waals surface area contributed by atoms with Gasteiger partial charge >= 0.3 is 12.1 Å². The first-order valence-corrected chi connectivity index (χ1v) is 29.9. The van der Waals surface area contributed by atoms with Crippen molar-refractivity contribution in [2.75, 3.05) is 55.9 Å². The number of nitrogens with one attached hydrogen (secondary N) is 4. The average Bonchev–Trinajstić information content (AvgIpc) is 3.62. The van der Waals surface area contributed by atoms with E-state index in [9.17, 15) is 53.1 Å². The van der Waals surface area contributed by atoms with Crippen LogP contribution in [0.3, 0.4) is 0 Å². The summed E-state index contributed by atoms with van der Waals surface area (Å²) in [6.45, 7) is 30.8. The fourth-order valence-electron chi connectivity index (χ4n) is 9.75. The Kier molecular flexibility index (Phi) is 33.3. The summed E-state index contributed by atoms with van der Waals surface area (Å²) in [5, 5.41) is 22.5. The number of amides is 10. The van der Waals surface area contributed by atoms with Gasteiger partial charge in [-0.3, -0.25) is 47.9 Å². The fraction of sp³-hybridized carbons (Fsp3) is 0.787. The van der Waals surface area contributed by atoms with E-state index in [-0.39, 0.29) is 55.9 Å². The molecule has 0 rings (SSSR count). The van der Waals surface area contributed by atoms with Crippen LogP contribution in [0.25, 0.3) is 0 Å². The van der Waals surface area contributed by atoms with Gasteiger partial charge in [0.15, 0.2) is 0 Å². The third-order valence-electron chi connectivity index (χ3n) is 14.8. The van der Waals surface area contributed by atoms with Gasteiger partial charge in [-0.1, -0.05) is 95.2 Å². The van der Waals surface area contributed by atoms with Gasteiger partial charge in [0.1, 0.15) is 66.5 Å². The SMILES string of the molecule is C/C=C/C[C@H](C)[C@@H](O)[C@H](C(=O)N[C@H](CC)C(=O)N(C)CC(=O)OC)N(C)C(=O)[C@@H](C(C)C)N(C)C(=O)[C@H](CC(C)C)N(C)C(=O)[C@@H](CC(C)C)N(C)C(=O)[C@H](C)NC(=O)[C@@H](C)NC(=O)[C@H](CC(C)C)N(C)C(=O)[C@@H](NC(=O)OC(C)(C)C)C(C)C. The molecule has 0 aliphatic carbocycles. The van der Waals surface area contributed by atoms with Gasteiger partial charge in [0.05, 0.1) is 13.2 Å². The number of esters is 1. The first kappa shape index (κ1) is 78.7. The molecule has 0 saturated carbocycles. The van der Waals surface area contributed by atoms with Gasteiger partial charge in [0.2, 0.25) is 53.2 Å². The van der Waals surface area contributed by atoms with E-state index in [1.165, 1.54) is 82.8 Å². The molecule has 0 aromatic carbocycles. The van der Waals surface area contributed by atoms with Crippen molar-refractivity contribution in [1.82, 2.24) is 50.7 Å². The predicted molar refractivity (Wildman–Crippen MR) is 326 cm³/mol. The molecule has 0 unspecified atom stereocenters. The predicted octanol–water partition coefficient (Wildman–Crippen LogP) is 3.96. The highest BCUT2D eigenvalue weighted by Crippen LogP contribution is 2.25. The quantitative estimate of drug-likeness (QED) is 0.0459. The number of rotatable bonds is 33. The van der Waals surface area contributed by atoms with Crippen LogP contribution in [0.2, 0.25) is 0 Å². The lowest BCUT2D eigenvalue weighted by Gasteiger charge is -2.41. The Balaban J connectivity index is 6.97. The molecule has 0 aliphatic rings. The summed E-state index contributed by atoms with van der Waals surface area (Å²) in [4.78, 5) is 161. The molecule has 0 spiro atoms. The molecule has 488 valence electrons. The van der Waals surface area contributed by atoms with Gasteiger partial charge in [-0.05, 0) is 109 Å². The summed E-state index contributed by atoms with van der Waals surface area (Å²) >= 11 is 0. The summed E-state index contributed by atoms with van der Waals surface area (Å²) in [5.41, 5.74) is -0.825. The van der Waals surface area contributed by atoms with E-state index in [0.717, 1.165) is 9.80 Å². The number of aliphatic hydroxyl groups is 1. The molecule has 10 amide bonds. The number of aliphatic hydroxyl groups excluding tert-OH is 1. The number of hydrogen-bond donors (Lipinski definition) is 5. The summed E-state index contributed by atoms with van der Waals surface area (Å²) < 4.78 is 10.1. The summed E-state index contributed by atoms with van der Waals surface area (Å²) in [6, 6.07) is -10.8. The molecule has 85 heavy (non-hydrogen) atoms. The molecule has 24 heteroatoms. The smallest absolute Gasteiger partial charge is 0.408 e. The van der Waals surface area contributed by atoms with E-state index in [4.69, 9.17) is 9.47 Å². The summed E-state index contributed by atoms with van der Waals surface area (Å²) in [5.74, 6) is -8.56. The zero-order valence-corrected chi connectivity index (χ0v) is 56.1. The van der Waals surface area contributed by atoms with E-state index in [0.29, 0.717) is 6.42 Å². The number of carbonyl (C=O) groups excluding carboxylic acids is 11. The molecule has 0 saturated heterocycles. The normalized spacial score (nSPS) is 15.7.